The van der Waals surface area contributed by atoms with E-state index in [-0.39, 0.29) is 6.54 Å². The fourth-order valence-electron chi connectivity index (χ4n) is 2.06. The van der Waals surface area contributed by atoms with Gasteiger partial charge < -0.3 is 9.73 Å². The van der Waals surface area contributed by atoms with Gasteiger partial charge in [-0.2, -0.15) is 0 Å². The predicted molar refractivity (Wildman–Crippen MR) is 82.1 cm³/mol. The molecule has 0 bridgehead atoms. The first-order valence-corrected chi connectivity index (χ1v) is 7.60. The quantitative estimate of drug-likeness (QED) is 0.787. The molecule has 7 heteroatoms. The van der Waals surface area contributed by atoms with Crippen molar-refractivity contribution in [2.75, 3.05) is 0 Å². The van der Waals surface area contributed by atoms with Crippen molar-refractivity contribution >= 4 is 17.2 Å². The molecule has 0 spiro atoms. The Morgan fingerprint density at radius 1 is 1.26 bits per heavy atom. The molecule has 2 heterocycles. The van der Waals surface area contributed by atoms with Gasteiger partial charge in [-0.3, -0.25) is 4.79 Å². The van der Waals surface area contributed by atoms with Gasteiger partial charge in [0.25, 0.3) is 5.91 Å². The van der Waals surface area contributed by atoms with Gasteiger partial charge in [-0.15, -0.1) is 11.3 Å². The van der Waals surface area contributed by atoms with Gasteiger partial charge in [0, 0.05) is 4.88 Å². The van der Waals surface area contributed by atoms with E-state index in [2.05, 4.69) is 10.3 Å². The second kappa shape index (κ2) is 6.29. The smallest absolute Gasteiger partial charge is 0.257 e. The van der Waals surface area contributed by atoms with Crippen LogP contribution in [0.2, 0.25) is 0 Å². The lowest BCUT2D eigenvalue weighted by Gasteiger charge is -2.06. The third-order valence-electron chi connectivity index (χ3n) is 3.22. The highest BCUT2D eigenvalue weighted by Crippen LogP contribution is 2.28. The monoisotopic (exact) mass is 334 g/mol. The average molecular weight is 334 g/mol. The summed E-state index contributed by atoms with van der Waals surface area (Å²) in [7, 11) is 0. The molecule has 0 atom stereocenters. The van der Waals surface area contributed by atoms with Gasteiger partial charge in [0.15, 0.2) is 10.8 Å². The maximum absolute atomic E-state index is 13.6. The molecule has 1 aromatic carbocycles. The molecule has 0 unspecified atom stereocenters. The summed E-state index contributed by atoms with van der Waals surface area (Å²) in [6.45, 7) is 1.94. The zero-order valence-corrected chi connectivity index (χ0v) is 12.9. The summed E-state index contributed by atoms with van der Waals surface area (Å²) in [6.07, 6.45) is 1.55. The number of rotatable bonds is 4. The van der Waals surface area contributed by atoms with Crippen LogP contribution in [0.15, 0.2) is 41.0 Å². The molecule has 0 aliphatic carbocycles. The fourth-order valence-corrected chi connectivity index (χ4v) is 3.03. The number of aromatic nitrogens is 1. The standard InChI is InChI=1S/C16H12F2N2O2S/c1-9-13(23-16(20-9)12-6-3-7-22-12)8-19-15(21)14-10(17)4-2-5-11(14)18/h2-7H,8H2,1H3,(H,19,21). The van der Waals surface area contributed by atoms with Crippen LogP contribution in [0.3, 0.4) is 0 Å². The molecule has 0 aliphatic rings. The van der Waals surface area contributed by atoms with Crippen LogP contribution in [0.1, 0.15) is 20.9 Å². The van der Waals surface area contributed by atoms with Crippen LogP contribution >= 0.6 is 11.3 Å². The number of carbonyl (C=O) groups excluding carboxylic acids is 1. The number of benzene rings is 1. The third kappa shape index (κ3) is 3.14. The Balaban J connectivity index is 1.75. The van der Waals surface area contributed by atoms with Gasteiger partial charge in [0.2, 0.25) is 0 Å². The van der Waals surface area contributed by atoms with Gasteiger partial charge in [-0.05, 0) is 31.2 Å². The topological polar surface area (TPSA) is 55.1 Å². The summed E-state index contributed by atoms with van der Waals surface area (Å²) < 4.78 is 32.4. The van der Waals surface area contributed by atoms with Gasteiger partial charge in [-0.25, -0.2) is 13.8 Å². The van der Waals surface area contributed by atoms with Crippen LogP contribution in [0.25, 0.3) is 10.8 Å². The number of aryl methyl sites for hydroxylation is 1. The highest BCUT2D eigenvalue weighted by atomic mass is 32.1. The fraction of sp³-hybridized carbons (Fsp3) is 0.125. The van der Waals surface area contributed by atoms with E-state index in [0.29, 0.717) is 10.8 Å². The first-order valence-electron chi connectivity index (χ1n) is 6.78. The van der Waals surface area contributed by atoms with E-state index < -0.39 is 23.1 Å². The molecule has 1 N–H and O–H groups in total. The molecular formula is C16H12F2N2O2S. The van der Waals surface area contributed by atoms with Gasteiger partial charge in [-0.1, -0.05) is 6.07 Å². The first kappa shape index (κ1) is 15.4. The first-order chi connectivity index (χ1) is 11.1. The summed E-state index contributed by atoms with van der Waals surface area (Å²) >= 11 is 1.36. The number of hydrogen-bond donors (Lipinski definition) is 1. The molecule has 3 rings (SSSR count). The summed E-state index contributed by atoms with van der Waals surface area (Å²) in [5.74, 6) is -1.94. The molecule has 4 nitrogen and oxygen atoms in total. The minimum Gasteiger partial charge on any atom is -0.462 e. The summed E-state index contributed by atoms with van der Waals surface area (Å²) in [5.41, 5.74) is 0.150. The molecule has 1 amide bonds. The third-order valence-corrected chi connectivity index (χ3v) is 4.40. The van der Waals surface area contributed by atoms with Crippen LogP contribution in [0.4, 0.5) is 8.78 Å². The lowest BCUT2D eigenvalue weighted by atomic mass is 10.2. The van der Waals surface area contributed by atoms with Gasteiger partial charge in [0.1, 0.15) is 17.2 Å². The van der Waals surface area contributed by atoms with E-state index in [1.807, 2.05) is 0 Å². The number of amides is 1. The number of carbonyl (C=O) groups is 1. The molecule has 0 saturated carbocycles. The molecule has 3 aromatic rings. The summed E-state index contributed by atoms with van der Waals surface area (Å²) in [6, 6.07) is 6.85. The van der Waals surface area contributed by atoms with Crippen molar-refractivity contribution in [2.24, 2.45) is 0 Å². The normalized spacial score (nSPS) is 10.7. The van der Waals surface area contributed by atoms with Crippen molar-refractivity contribution in [1.29, 1.82) is 0 Å². The molecule has 2 aromatic heterocycles. The largest absolute Gasteiger partial charge is 0.462 e. The lowest BCUT2D eigenvalue weighted by Crippen LogP contribution is -2.25. The van der Waals surface area contributed by atoms with Crippen LogP contribution in [-0.2, 0) is 6.54 Å². The minimum absolute atomic E-state index is 0.136. The van der Waals surface area contributed by atoms with E-state index in [4.69, 9.17) is 4.42 Å². The molecule has 118 valence electrons. The molecule has 23 heavy (non-hydrogen) atoms. The van der Waals surface area contributed by atoms with Crippen LogP contribution in [0.5, 0.6) is 0 Å². The summed E-state index contributed by atoms with van der Waals surface area (Å²) in [5, 5.41) is 3.21. The number of nitrogens with zero attached hydrogens (tertiary/aromatic N) is 1. The minimum atomic E-state index is -0.889. The number of thiazole rings is 1. The number of halogens is 2. The lowest BCUT2D eigenvalue weighted by molar-refractivity contribution is 0.0943. The Morgan fingerprint density at radius 2 is 2.00 bits per heavy atom. The van der Waals surface area contributed by atoms with E-state index in [1.54, 1.807) is 25.3 Å². The second-order valence-corrected chi connectivity index (χ2v) is 5.87. The zero-order chi connectivity index (χ0) is 16.4. The Bertz CT molecular complexity index is 824. The second-order valence-electron chi connectivity index (χ2n) is 4.78. The molecule has 0 fully saturated rings. The Kier molecular flexibility index (Phi) is 4.20. The number of nitrogens with one attached hydrogen (secondary N) is 1. The van der Waals surface area contributed by atoms with E-state index in [1.165, 1.54) is 17.4 Å². The Morgan fingerprint density at radius 3 is 2.65 bits per heavy atom. The van der Waals surface area contributed by atoms with E-state index >= 15 is 0 Å². The van der Waals surface area contributed by atoms with Crippen molar-refractivity contribution < 1.29 is 18.0 Å². The highest BCUT2D eigenvalue weighted by Gasteiger charge is 2.18. The maximum Gasteiger partial charge on any atom is 0.257 e. The summed E-state index contributed by atoms with van der Waals surface area (Å²) in [4.78, 5) is 17.1. The van der Waals surface area contributed by atoms with Crippen LogP contribution < -0.4 is 5.32 Å². The number of hydrogen-bond acceptors (Lipinski definition) is 4. The Labute approximate surface area is 134 Å². The van der Waals surface area contributed by atoms with Crippen LogP contribution in [0, 0.1) is 18.6 Å². The van der Waals surface area contributed by atoms with Crippen LogP contribution in [-0.4, -0.2) is 10.9 Å². The molecule has 0 saturated heterocycles. The van der Waals surface area contributed by atoms with Crippen molar-refractivity contribution in [1.82, 2.24) is 10.3 Å². The van der Waals surface area contributed by atoms with Crippen molar-refractivity contribution in [3.63, 3.8) is 0 Å². The maximum atomic E-state index is 13.6. The highest BCUT2D eigenvalue weighted by molar-refractivity contribution is 7.15. The Hall–Kier alpha value is -2.54. The SMILES string of the molecule is Cc1nc(-c2ccco2)sc1CNC(=O)c1c(F)cccc1F. The van der Waals surface area contributed by atoms with Crippen molar-refractivity contribution in [2.45, 2.75) is 13.5 Å². The van der Waals surface area contributed by atoms with Gasteiger partial charge >= 0.3 is 0 Å². The van der Waals surface area contributed by atoms with Gasteiger partial charge in [0.05, 0.1) is 18.5 Å². The van der Waals surface area contributed by atoms with Crippen molar-refractivity contribution in [3.05, 3.63) is 64.4 Å². The van der Waals surface area contributed by atoms with Crippen molar-refractivity contribution in [3.8, 4) is 10.8 Å². The van der Waals surface area contributed by atoms with E-state index in [9.17, 15) is 13.6 Å². The number of furan rings is 1. The molecule has 0 radical (unpaired) electrons. The predicted octanol–water partition coefficient (Wildman–Crippen LogP) is 3.92. The van der Waals surface area contributed by atoms with E-state index in [0.717, 1.165) is 22.7 Å². The zero-order valence-electron chi connectivity index (χ0n) is 12.1. The average Bonchev–Trinajstić information content (AvgIpc) is 3.14. The molecule has 0 aliphatic heterocycles. The molecular weight excluding hydrogens is 322 g/mol.